The molecule has 0 aromatic heterocycles. The van der Waals surface area contributed by atoms with Crippen molar-refractivity contribution < 1.29 is 19.2 Å². The van der Waals surface area contributed by atoms with E-state index in [1.165, 1.54) is 20.8 Å². The Balaban J connectivity index is 1.83. The number of nitrogens with one attached hydrogen (secondary N) is 4. The van der Waals surface area contributed by atoms with Crippen molar-refractivity contribution in [1.82, 2.24) is 26.2 Å². The molecule has 3 aliphatic rings. The van der Waals surface area contributed by atoms with Gasteiger partial charge in [0.25, 0.3) is 0 Å². The highest BCUT2D eigenvalue weighted by Crippen LogP contribution is 2.43. The molecule has 3 heterocycles. The van der Waals surface area contributed by atoms with Gasteiger partial charge in [-0.15, -0.1) is 0 Å². The molecule has 4 rings (SSSR count). The second kappa shape index (κ2) is 12.2. The minimum Gasteiger partial charge on any atom is -0.355 e. The minimum absolute atomic E-state index is 0.0546. The number of thiocarbonyl (C=S) groups is 1. The first kappa shape index (κ1) is 27.4. The molecule has 3 unspecified atom stereocenters. The summed E-state index contributed by atoms with van der Waals surface area (Å²) in [7, 11) is 0. The van der Waals surface area contributed by atoms with Crippen LogP contribution >= 0.6 is 12.2 Å². The van der Waals surface area contributed by atoms with Crippen LogP contribution in [0.4, 0.5) is 5.69 Å². The molecule has 2 bridgehead atoms. The fraction of sp³-hybridized carbons (Fsp3) is 0.560. The number of isothiocyanates is 1. The average Bonchev–Trinajstić information content (AvgIpc) is 2.81. The fourth-order valence-corrected chi connectivity index (χ4v) is 5.66. The zero-order valence-corrected chi connectivity index (χ0v) is 21.7. The number of hydrogen-bond acceptors (Lipinski definition) is 7. The molecule has 3 aliphatic heterocycles. The summed E-state index contributed by atoms with van der Waals surface area (Å²) in [6.45, 7) is 5.68. The van der Waals surface area contributed by atoms with E-state index >= 15 is 0 Å². The summed E-state index contributed by atoms with van der Waals surface area (Å²) in [6, 6.07) is 7.09. The highest BCUT2D eigenvalue weighted by Gasteiger charge is 2.54. The molecule has 4 amide bonds. The van der Waals surface area contributed by atoms with E-state index in [4.69, 9.17) is 0 Å². The minimum atomic E-state index is -0.525. The third-order valence-electron chi connectivity index (χ3n) is 6.78. The molecule has 0 spiro atoms. The summed E-state index contributed by atoms with van der Waals surface area (Å²) in [4.78, 5) is 54.5. The van der Waals surface area contributed by atoms with Gasteiger partial charge < -0.3 is 21.3 Å². The van der Waals surface area contributed by atoms with Gasteiger partial charge in [0, 0.05) is 64.1 Å². The van der Waals surface area contributed by atoms with Crippen molar-refractivity contribution in [2.75, 3.05) is 19.6 Å². The Kier molecular flexibility index (Phi) is 9.31. The van der Waals surface area contributed by atoms with Crippen LogP contribution in [0.2, 0.25) is 0 Å². The summed E-state index contributed by atoms with van der Waals surface area (Å²) >= 11 is 4.63. The van der Waals surface area contributed by atoms with E-state index in [-0.39, 0.29) is 48.2 Å². The van der Waals surface area contributed by atoms with E-state index < -0.39 is 5.54 Å². The summed E-state index contributed by atoms with van der Waals surface area (Å²) in [5, 5.41) is 14.4. The van der Waals surface area contributed by atoms with Crippen molar-refractivity contribution in [2.45, 2.75) is 70.1 Å². The number of hydrogen-bond donors (Lipinski definition) is 4. The van der Waals surface area contributed by atoms with Crippen LogP contribution in [0.5, 0.6) is 0 Å². The van der Waals surface area contributed by atoms with E-state index in [0.717, 1.165) is 5.56 Å². The Morgan fingerprint density at radius 1 is 0.889 bits per heavy atom. The Hall–Kier alpha value is -3.14. The lowest BCUT2D eigenvalue weighted by atomic mass is 9.69. The van der Waals surface area contributed by atoms with Crippen LogP contribution in [-0.2, 0) is 25.6 Å². The van der Waals surface area contributed by atoms with Gasteiger partial charge in [0.2, 0.25) is 23.6 Å². The number of carbonyl (C=O) groups is 4. The van der Waals surface area contributed by atoms with Crippen molar-refractivity contribution in [1.29, 1.82) is 0 Å². The van der Waals surface area contributed by atoms with Crippen LogP contribution in [0.3, 0.4) is 0 Å². The van der Waals surface area contributed by atoms with Gasteiger partial charge in [-0.1, -0.05) is 12.1 Å². The van der Waals surface area contributed by atoms with Gasteiger partial charge in [-0.25, -0.2) is 0 Å². The molecule has 0 aliphatic carbocycles. The SMILES string of the molecule is CC(=O)NCC1CC2(NC(=O)Cc3ccc(N=C=S)cc3)C[C@@H](CNC(C)=O)N1[C@@H](CNC(C)=O)C2. The van der Waals surface area contributed by atoms with Crippen LogP contribution in [0.15, 0.2) is 29.3 Å². The first-order valence-corrected chi connectivity index (χ1v) is 12.5. The van der Waals surface area contributed by atoms with E-state index in [1.807, 2.05) is 12.1 Å². The second-order valence-electron chi connectivity index (χ2n) is 9.71. The van der Waals surface area contributed by atoms with Gasteiger partial charge in [-0.2, -0.15) is 4.99 Å². The molecule has 10 nitrogen and oxygen atoms in total. The standard InChI is InChI=1S/C25H34N6O4S/c1-16(32)26-12-21-9-25(30-24(35)8-19-4-6-20(7-5-19)29-15-36)10-22(13-27-17(2)33)31(21)23(11-25)14-28-18(3)34/h4-7,21-23H,8-14H2,1-3H3,(H,26,32)(H,27,33)(H,28,34)(H,30,35)/t21-,22+,23?,25?. The average molecular weight is 515 g/mol. The number of rotatable bonds is 10. The number of fused-ring (bicyclic) bond motifs is 3. The van der Waals surface area contributed by atoms with Gasteiger partial charge >= 0.3 is 0 Å². The molecule has 194 valence electrons. The van der Waals surface area contributed by atoms with Crippen LogP contribution in [0, 0.1) is 0 Å². The quantitative estimate of drug-likeness (QED) is 0.270. The number of nitrogens with zero attached hydrogens (tertiary/aromatic N) is 2. The third kappa shape index (κ3) is 7.43. The maximum Gasteiger partial charge on any atom is 0.224 e. The Morgan fingerprint density at radius 2 is 1.33 bits per heavy atom. The molecule has 0 saturated carbocycles. The molecule has 5 atom stereocenters. The predicted molar refractivity (Wildman–Crippen MR) is 139 cm³/mol. The van der Waals surface area contributed by atoms with Crippen molar-refractivity contribution >= 4 is 46.7 Å². The number of carbonyl (C=O) groups excluding carboxylic acids is 4. The topological polar surface area (TPSA) is 132 Å². The van der Waals surface area contributed by atoms with Gasteiger partial charge in [0.15, 0.2) is 0 Å². The van der Waals surface area contributed by atoms with Gasteiger partial charge in [-0.05, 0) is 49.2 Å². The molecule has 36 heavy (non-hydrogen) atoms. The molecule has 3 fully saturated rings. The lowest BCUT2D eigenvalue weighted by Gasteiger charge is -2.60. The Morgan fingerprint density at radius 3 is 1.72 bits per heavy atom. The Labute approximate surface area is 216 Å². The normalized spacial score (nSPS) is 26.3. The van der Waals surface area contributed by atoms with Crippen LogP contribution in [-0.4, -0.2) is 77.0 Å². The zero-order chi connectivity index (χ0) is 26.3. The summed E-state index contributed by atoms with van der Waals surface area (Å²) in [5.74, 6) is -0.497. The maximum absolute atomic E-state index is 13.2. The van der Waals surface area contributed by atoms with Crippen LogP contribution < -0.4 is 21.3 Å². The maximum atomic E-state index is 13.2. The first-order valence-electron chi connectivity index (χ1n) is 12.1. The highest BCUT2D eigenvalue weighted by molar-refractivity contribution is 7.78. The van der Waals surface area contributed by atoms with Crippen molar-refractivity contribution in [3.8, 4) is 0 Å². The smallest absolute Gasteiger partial charge is 0.224 e. The zero-order valence-electron chi connectivity index (χ0n) is 20.9. The van der Waals surface area contributed by atoms with Gasteiger partial charge in [-0.3, -0.25) is 24.1 Å². The van der Waals surface area contributed by atoms with E-state index in [9.17, 15) is 19.2 Å². The molecule has 11 heteroatoms. The molecular weight excluding hydrogens is 480 g/mol. The molecular formula is C25H34N6O4S. The number of benzene rings is 1. The largest absolute Gasteiger partial charge is 0.355 e. The van der Waals surface area contributed by atoms with Crippen molar-refractivity contribution in [2.24, 2.45) is 4.99 Å². The monoisotopic (exact) mass is 514 g/mol. The van der Waals surface area contributed by atoms with Gasteiger partial charge in [0.1, 0.15) is 0 Å². The molecule has 4 N–H and O–H groups in total. The third-order valence-corrected chi connectivity index (χ3v) is 6.88. The second-order valence-corrected chi connectivity index (χ2v) is 9.89. The van der Waals surface area contributed by atoms with E-state index in [1.54, 1.807) is 12.1 Å². The van der Waals surface area contributed by atoms with Crippen molar-refractivity contribution in [3.63, 3.8) is 0 Å². The first-order chi connectivity index (χ1) is 17.1. The van der Waals surface area contributed by atoms with Crippen molar-refractivity contribution in [3.05, 3.63) is 29.8 Å². The molecule has 0 radical (unpaired) electrons. The summed E-state index contributed by atoms with van der Waals surface area (Å²) in [6.07, 6.45) is 2.19. The molecule has 1 aromatic rings. The Bertz CT molecular complexity index is 970. The number of amides is 4. The highest BCUT2D eigenvalue weighted by atomic mass is 32.1. The number of aliphatic imine (C=N–C) groups is 1. The fourth-order valence-electron chi connectivity index (χ4n) is 5.55. The lowest BCUT2D eigenvalue weighted by molar-refractivity contribution is -0.132. The lowest BCUT2D eigenvalue weighted by Crippen LogP contribution is -2.75. The summed E-state index contributed by atoms with van der Waals surface area (Å²) < 4.78 is 0. The summed E-state index contributed by atoms with van der Waals surface area (Å²) in [5.41, 5.74) is 0.998. The van der Waals surface area contributed by atoms with E-state index in [2.05, 4.69) is 48.5 Å². The molecule has 1 aromatic carbocycles. The van der Waals surface area contributed by atoms with Crippen LogP contribution in [0.1, 0.15) is 45.6 Å². The molecule has 3 saturated heterocycles. The van der Waals surface area contributed by atoms with E-state index in [0.29, 0.717) is 44.6 Å². The number of piperidine rings is 3. The predicted octanol–water partition coefficient (Wildman–Crippen LogP) is 0.832. The van der Waals surface area contributed by atoms with Crippen LogP contribution in [0.25, 0.3) is 0 Å². The van der Waals surface area contributed by atoms with Gasteiger partial charge in [0.05, 0.1) is 17.3 Å².